The Morgan fingerprint density at radius 3 is 2.87 bits per heavy atom. The number of tetrazole rings is 1. The Morgan fingerprint density at radius 2 is 2.27 bits per heavy atom. The van der Waals surface area contributed by atoms with Crippen molar-refractivity contribution >= 4 is 0 Å². The molecule has 1 N–H and O–H groups in total. The number of nitrogens with one attached hydrogen (secondary N) is 1. The second-order valence-electron chi connectivity index (χ2n) is 3.54. The van der Waals surface area contributed by atoms with Crippen molar-refractivity contribution in [1.82, 2.24) is 20.2 Å². The Labute approximate surface area is 86.7 Å². The molecule has 1 atom stereocenters. The van der Waals surface area contributed by atoms with Crippen LogP contribution in [0.5, 0.6) is 0 Å². The highest BCUT2D eigenvalue weighted by atomic mass is 16.2. The molecule has 0 amide bonds. The second kappa shape index (κ2) is 3.68. The fourth-order valence-corrected chi connectivity index (χ4v) is 1.53. The first-order chi connectivity index (χ1) is 7.18. The minimum atomic E-state index is -0.288. The Balaban J connectivity index is 2.41. The third-order valence-electron chi connectivity index (χ3n) is 2.39. The van der Waals surface area contributed by atoms with Gasteiger partial charge in [0.25, 0.3) is 0 Å². The molecule has 0 radical (unpaired) electrons. The first-order valence-electron chi connectivity index (χ1n) is 4.75. The van der Waals surface area contributed by atoms with Gasteiger partial charge in [0.2, 0.25) is 0 Å². The molecule has 0 bridgehead atoms. The van der Waals surface area contributed by atoms with Crippen LogP contribution in [0, 0.1) is 6.92 Å². The Kier molecular flexibility index (Phi) is 2.37. The second-order valence-corrected chi connectivity index (χ2v) is 3.54. The highest BCUT2D eigenvalue weighted by Gasteiger charge is 2.11. The SMILES string of the molecule is Cc1cccc(C(C)n2nn[nH]c2=O)c1. The zero-order valence-corrected chi connectivity index (χ0v) is 8.64. The predicted octanol–water partition coefficient (Wildman–Crippen LogP) is 0.884. The molecular formula is C10H12N4O. The molecule has 1 heterocycles. The molecule has 2 aromatic rings. The van der Waals surface area contributed by atoms with Crippen LogP contribution < -0.4 is 5.69 Å². The van der Waals surface area contributed by atoms with Gasteiger partial charge >= 0.3 is 5.69 Å². The van der Waals surface area contributed by atoms with Crippen LogP contribution in [0.3, 0.4) is 0 Å². The first-order valence-corrected chi connectivity index (χ1v) is 4.75. The van der Waals surface area contributed by atoms with E-state index in [0.717, 1.165) is 11.1 Å². The molecule has 0 saturated heterocycles. The summed E-state index contributed by atoms with van der Waals surface area (Å²) < 4.78 is 1.33. The normalized spacial score (nSPS) is 12.7. The first kappa shape index (κ1) is 9.64. The lowest BCUT2D eigenvalue weighted by molar-refractivity contribution is 0.528. The monoisotopic (exact) mass is 204 g/mol. The van der Waals surface area contributed by atoms with Crippen LogP contribution in [0.25, 0.3) is 0 Å². The van der Waals surface area contributed by atoms with Crippen LogP contribution in [0.2, 0.25) is 0 Å². The van der Waals surface area contributed by atoms with Gasteiger partial charge in [-0.1, -0.05) is 29.8 Å². The van der Waals surface area contributed by atoms with E-state index in [2.05, 4.69) is 15.5 Å². The van der Waals surface area contributed by atoms with Crippen molar-refractivity contribution in [3.63, 3.8) is 0 Å². The average molecular weight is 204 g/mol. The van der Waals surface area contributed by atoms with Crippen LogP contribution in [-0.4, -0.2) is 20.2 Å². The summed E-state index contributed by atoms with van der Waals surface area (Å²) in [7, 11) is 0. The van der Waals surface area contributed by atoms with E-state index < -0.39 is 0 Å². The topological polar surface area (TPSA) is 63.6 Å². The minimum Gasteiger partial charge on any atom is -0.244 e. The summed E-state index contributed by atoms with van der Waals surface area (Å²) in [4.78, 5) is 11.3. The van der Waals surface area contributed by atoms with E-state index in [4.69, 9.17) is 0 Å². The Hall–Kier alpha value is -1.91. The zero-order valence-electron chi connectivity index (χ0n) is 8.64. The summed E-state index contributed by atoms with van der Waals surface area (Å²) in [5.74, 6) is 0. The van der Waals surface area contributed by atoms with E-state index in [0.29, 0.717) is 0 Å². The molecule has 1 unspecified atom stereocenters. The molecule has 0 saturated carbocycles. The summed E-state index contributed by atoms with van der Waals surface area (Å²) in [5, 5.41) is 9.47. The number of aromatic nitrogens is 4. The smallest absolute Gasteiger partial charge is 0.244 e. The molecule has 0 fully saturated rings. The van der Waals surface area contributed by atoms with E-state index >= 15 is 0 Å². The molecule has 78 valence electrons. The van der Waals surface area contributed by atoms with Gasteiger partial charge in [0.1, 0.15) is 0 Å². The maximum Gasteiger partial charge on any atom is 0.361 e. The van der Waals surface area contributed by atoms with E-state index in [1.807, 2.05) is 38.1 Å². The average Bonchev–Trinajstić information content (AvgIpc) is 2.63. The van der Waals surface area contributed by atoms with E-state index in [9.17, 15) is 4.79 Å². The van der Waals surface area contributed by atoms with Crippen molar-refractivity contribution < 1.29 is 0 Å². The van der Waals surface area contributed by atoms with Crippen molar-refractivity contribution in [3.8, 4) is 0 Å². The molecule has 0 aliphatic carbocycles. The van der Waals surface area contributed by atoms with Gasteiger partial charge in [-0.15, -0.1) is 0 Å². The van der Waals surface area contributed by atoms with Crippen LogP contribution in [0.15, 0.2) is 29.1 Å². The van der Waals surface area contributed by atoms with Gasteiger partial charge in [-0.25, -0.2) is 9.89 Å². The van der Waals surface area contributed by atoms with E-state index in [-0.39, 0.29) is 11.7 Å². The molecule has 0 aliphatic heterocycles. The highest BCUT2D eigenvalue weighted by Crippen LogP contribution is 2.15. The van der Waals surface area contributed by atoms with Crippen LogP contribution >= 0.6 is 0 Å². The van der Waals surface area contributed by atoms with E-state index in [1.165, 1.54) is 4.68 Å². The molecule has 15 heavy (non-hydrogen) atoms. The molecule has 2 rings (SSSR count). The number of H-pyrrole nitrogens is 1. The molecule has 0 spiro atoms. The van der Waals surface area contributed by atoms with Crippen molar-refractivity contribution in [2.45, 2.75) is 19.9 Å². The van der Waals surface area contributed by atoms with Gasteiger partial charge in [-0.3, -0.25) is 0 Å². The lowest BCUT2D eigenvalue weighted by Crippen LogP contribution is -2.22. The van der Waals surface area contributed by atoms with Gasteiger partial charge in [0.15, 0.2) is 0 Å². The lowest BCUT2D eigenvalue weighted by atomic mass is 10.1. The standard InChI is InChI=1S/C10H12N4O/c1-7-4-3-5-9(6-7)8(2)14-10(15)11-12-13-14/h3-6,8H,1-2H3,(H,11,13,15). The molecule has 5 nitrogen and oxygen atoms in total. The summed E-state index contributed by atoms with van der Waals surface area (Å²) in [6.45, 7) is 3.93. The summed E-state index contributed by atoms with van der Waals surface area (Å²) in [6.07, 6.45) is 0. The third kappa shape index (κ3) is 1.81. The Morgan fingerprint density at radius 1 is 1.47 bits per heavy atom. The third-order valence-corrected chi connectivity index (χ3v) is 2.39. The van der Waals surface area contributed by atoms with Crippen LogP contribution in [-0.2, 0) is 0 Å². The number of rotatable bonds is 2. The number of hydrogen-bond donors (Lipinski definition) is 1. The Bertz CT molecular complexity index is 514. The van der Waals surface area contributed by atoms with Crippen molar-refractivity contribution in [3.05, 3.63) is 45.9 Å². The predicted molar refractivity (Wildman–Crippen MR) is 55.6 cm³/mol. The minimum absolute atomic E-state index is 0.101. The fraction of sp³-hybridized carbons (Fsp3) is 0.300. The van der Waals surface area contributed by atoms with E-state index in [1.54, 1.807) is 0 Å². The number of nitrogens with zero attached hydrogens (tertiary/aromatic N) is 3. The zero-order chi connectivity index (χ0) is 10.8. The summed E-state index contributed by atoms with van der Waals surface area (Å²) in [5.41, 5.74) is 1.92. The van der Waals surface area contributed by atoms with Gasteiger partial charge in [0.05, 0.1) is 6.04 Å². The largest absolute Gasteiger partial charge is 0.361 e. The quantitative estimate of drug-likeness (QED) is 0.790. The summed E-state index contributed by atoms with van der Waals surface area (Å²) >= 11 is 0. The van der Waals surface area contributed by atoms with Gasteiger partial charge in [-0.2, -0.15) is 4.68 Å². The van der Waals surface area contributed by atoms with Crippen molar-refractivity contribution in [2.75, 3.05) is 0 Å². The highest BCUT2D eigenvalue weighted by molar-refractivity contribution is 5.24. The van der Waals surface area contributed by atoms with Gasteiger partial charge < -0.3 is 0 Å². The number of aromatic amines is 1. The number of benzene rings is 1. The fourth-order valence-electron chi connectivity index (χ4n) is 1.53. The molecule has 1 aromatic carbocycles. The molecule has 5 heteroatoms. The van der Waals surface area contributed by atoms with Crippen molar-refractivity contribution in [2.24, 2.45) is 0 Å². The van der Waals surface area contributed by atoms with Gasteiger partial charge in [-0.05, 0) is 29.8 Å². The number of hydrogen-bond acceptors (Lipinski definition) is 3. The summed E-state index contributed by atoms with van der Waals surface area (Å²) in [6, 6.07) is 7.88. The number of aryl methyl sites for hydroxylation is 1. The molecule has 1 aromatic heterocycles. The van der Waals surface area contributed by atoms with Crippen molar-refractivity contribution in [1.29, 1.82) is 0 Å². The lowest BCUT2D eigenvalue weighted by Gasteiger charge is -2.10. The van der Waals surface area contributed by atoms with Crippen LogP contribution in [0.4, 0.5) is 0 Å². The maximum atomic E-state index is 11.3. The molecule has 0 aliphatic rings. The van der Waals surface area contributed by atoms with Gasteiger partial charge in [0, 0.05) is 0 Å². The molecular weight excluding hydrogens is 192 g/mol. The van der Waals surface area contributed by atoms with Crippen LogP contribution in [0.1, 0.15) is 24.1 Å². The maximum absolute atomic E-state index is 11.3.